The number of nitrogens with zero attached hydrogens (tertiary/aromatic N) is 1. The molecular formula is C21H23N. The molecule has 0 aliphatic rings. The molecule has 0 saturated heterocycles. The van der Waals surface area contributed by atoms with Crippen LogP contribution in [0.15, 0.2) is 66.9 Å². The average Bonchev–Trinajstić information content (AvgIpc) is 2.84. The van der Waals surface area contributed by atoms with E-state index < -0.39 is 0 Å². The highest BCUT2D eigenvalue weighted by Gasteiger charge is 2.26. The lowest BCUT2D eigenvalue weighted by molar-refractivity contribution is 0.429. The standard InChI is InChI=1S/C21H23N/c1-16-15-22(21(3,4)19-13-9-6-10-14-19)17(2)20(16)18-11-7-5-8-12-18/h5-15H,1-4H3. The van der Waals surface area contributed by atoms with Gasteiger partial charge in [0.05, 0.1) is 5.54 Å². The van der Waals surface area contributed by atoms with Crippen LogP contribution in [0.5, 0.6) is 0 Å². The Morgan fingerprint density at radius 2 is 1.32 bits per heavy atom. The monoisotopic (exact) mass is 289 g/mol. The largest absolute Gasteiger partial charge is 0.341 e. The highest BCUT2D eigenvalue weighted by Crippen LogP contribution is 2.35. The zero-order valence-electron chi connectivity index (χ0n) is 13.8. The number of rotatable bonds is 3. The summed E-state index contributed by atoms with van der Waals surface area (Å²) in [5, 5.41) is 0. The molecule has 0 saturated carbocycles. The minimum Gasteiger partial charge on any atom is -0.341 e. The molecule has 1 aromatic heterocycles. The van der Waals surface area contributed by atoms with E-state index in [9.17, 15) is 0 Å². The summed E-state index contributed by atoms with van der Waals surface area (Å²) in [6, 6.07) is 21.4. The van der Waals surface area contributed by atoms with Crippen LogP contribution in [0.4, 0.5) is 0 Å². The summed E-state index contributed by atoms with van der Waals surface area (Å²) in [5.74, 6) is 0. The van der Waals surface area contributed by atoms with Gasteiger partial charge >= 0.3 is 0 Å². The third-order valence-electron chi connectivity index (χ3n) is 4.59. The van der Waals surface area contributed by atoms with Gasteiger partial charge in [-0.25, -0.2) is 0 Å². The van der Waals surface area contributed by atoms with E-state index in [0.717, 1.165) is 0 Å². The van der Waals surface area contributed by atoms with Gasteiger partial charge in [-0.2, -0.15) is 0 Å². The molecule has 3 aromatic rings. The van der Waals surface area contributed by atoms with Crippen molar-refractivity contribution in [3.8, 4) is 11.1 Å². The molecule has 1 heteroatoms. The lowest BCUT2D eigenvalue weighted by Crippen LogP contribution is -2.27. The minimum absolute atomic E-state index is 0.0663. The molecule has 0 N–H and O–H groups in total. The molecule has 22 heavy (non-hydrogen) atoms. The maximum atomic E-state index is 2.40. The van der Waals surface area contributed by atoms with Crippen molar-refractivity contribution in [2.45, 2.75) is 33.2 Å². The van der Waals surface area contributed by atoms with Crippen LogP contribution in [0.3, 0.4) is 0 Å². The second kappa shape index (κ2) is 5.49. The molecule has 0 fully saturated rings. The van der Waals surface area contributed by atoms with E-state index in [4.69, 9.17) is 0 Å². The number of aromatic nitrogens is 1. The third kappa shape index (κ3) is 2.37. The summed E-state index contributed by atoms with van der Waals surface area (Å²) in [4.78, 5) is 0. The van der Waals surface area contributed by atoms with Crippen molar-refractivity contribution in [1.82, 2.24) is 4.57 Å². The molecule has 0 spiro atoms. The third-order valence-corrected chi connectivity index (χ3v) is 4.59. The van der Waals surface area contributed by atoms with Crippen LogP contribution in [0.25, 0.3) is 11.1 Å². The Kier molecular flexibility index (Phi) is 3.66. The first-order valence-electron chi connectivity index (χ1n) is 7.82. The topological polar surface area (TPSA) is 4.93 Å². The van der Waals surface area contributed by atoms with Crippen LogP contribution in [0.1, 0.15) is 30.7 Å². The van der Waals surface area contributed by atoms with Gasteiger partial charge in [-0.15, -0.1) is 0 Å². The van der Waals surface area contributed by atoms with Crippen LogP contribution in [0.2, 0.25) is 0 Å². The van der Waals surface area contributed by atoms with Crippen LogP contribution in [0, 0.1) is 13.8 Å². The first kappa shape index (κ1) is 14.6. The maximum Gasteiger partial charge on any atom is 0.0637 e. The molecular weight excluding hydrogens is 266 g/mol. The van der Waals surface area contributed by atoms with Gasteiger partial charge < -0.3 is 4.57 Å². The first-order valence-corrected chi connectivity index (χ1v) is 7.82. The van der Waals surface area contributed by atoms with Crippen molar-refractivity contribution in [3.05, 3.63) is 83.7 Å². The lowest BCUT2D eigenvalue weighted by atomic mass is 9.93. The fourth-order valence-electron chi connectivity index (χ4n) is 3.37. The van der Waals surface area contributed by atoms with E-state index in [1.165, 1.54) is 27.9 Å². The molecule has 0 atom stereocenters. The fraction of sp³-hybridized carbons (Fsp3) is 0.238. The van der Waals surface area contributed by atoms with Crippen LogP contribution >= 0.6 is 0 Å². The Morgan fingerprint density at radius 3 is 1.91 bits per heavy atom. The Morgan fingerprint density at radius 1 is 0.773 bits per heavy atom. The van der Waals surface area contributed by atoms with Crippen molar-refractivity contribution >= 4 is 0 Å². The first-order chi connectivity index (χ1) is 10.5. The molecule has 112 valence electrons. The molecule has 0 aliphatic carbocycles. The van der Waals surface area contributed by atoms with Gasteiger partial charge in [0.15, 0.2) is 0 Å². The van der Waals surface area contributed by atoms with Gasteiger partial charge in [0.1, 0.15) is 0 Å². The van der Waals surface area contributed by atoms with Gasteiger partial charge in [0, 0.05) is 17.5 Å². The number of benzene rings is 2. The summed E-state index contributed by atoms with van der Waals surface area (Å²) >= 11 is 0. The second-order valence-electron chi connectivity index (χ2n) is 6.43. The molecule has 1 heterocycles. The van der Waals surface area contributed by atoms with Gasteiger partial charge in [0.25, 0.3) is 0 Å². The molecule has 3 rings (SSSR count). The number of hydrogen-bond acceptors (Lipinski definition) is 0. The highest BCUT2D eigenvalue weighted by atomic mass is 15.0. The molecule has 0 amide bonds. The SMILES string of the molecule is Cc1cn(C(C)(C)c2ccccc2)c(C)c1-c1ccccc1. The molecule has 0 unspecified atom stereocenters. The molecule has 0 bridgehead atoms. The van der Waals surface area contributed by atoms with Crippen LogP contribution in [-0.2, 0) is 5.54 Å². The molecule has 1 nitrogen and oxygen atoms in total. The zero-order chi connectivity index (χ0) is 15.7. The average molecular weight is 289 g/mol. The summed E-state index contributed by atoms with van der Waals surface area (Å²) < 4.78 is 2.40. The van der Waals surface area contributed by atoms with Crippen LogP contribution < -0.4 is 0 Å². The zero-order valence-corrected chi connectivity index (χ0v) is 13.8. The van der Waals surface area contributed by atoms with Gasteiger partial charge in [-0.05, 0) is 44.4 Å². The van der Waals surface area contributed by atoms with E-state index in [1.807, 2.05) is 0 Å². The van der Waals surface area contributed by atoms with Gasteiger partial charge in [-0.3, -0.25) is 0 Å². The second-order valence-corrected chi connectivity index (χ2v) is 6.43. The predicted octanol–water partition coefficient (Wildman–Crippen LogP) is 5.56. The van der Waals surface area contributed by atoms with E-state index >= 15 is 0 Å². The van der Waals surface area contributed by atoms with Gasteiger partial charge in [0.2, 0.25) is 0 Å². The van der Waals surface area contributed by atoms with Crippen molar-refractivity contribution < 1.29 is 0 Å². The smallest absolute Gasteiger partial charge is 0.0637 e. The Hall–Kier alpha value is -2.28. The summed E-state index contributed by atoms with van der Waals surface area (Å²) in [5.41, 5.74) is 6.55. The summed E-state index contributed by atoms with van der Waals surface area (Å²) in [7, 11) is 0. The van der Waals surface area contributed by atoms with E-state index in [-0.39, 0.29) is 5.54 Å². The van der Waals surface area contributed by atoms with Crippen molar-refractivity contribution in [2.75, 3.05) is 0 Å². The Balaban J connectivity index is 2.14. The quantitative estimate of drug-likeness (QED) is 0.595. The minimum atomic E-state index is -0.0663. The van der Waals surface area contributed by atoms with E-state index in [0.29, 0.717) is 0 Å². The van der Waals surface area contributed by atoms with E-state index in [2.05, 4.69) is 99.1 Å². The van der Waals surface area contributed by atoms with Gasteiger partial charge in [-0.1, -0.05) is 60.7 Å². The van der Waals surface area contributed by atoms with Crippen molar-refractivity contribution in [1.29, 1.82) is 0 Å². The predicted molar refractivity (Wildman–Crippen MR) is 94.2 cm³/mol. The fourth-order valence-corrected chi connectivity index (χ4v) is 3.37. The number of hydrogen-bond donors (Lipinski definition) is 0. The number of aryl methyl sites for hydroxylation is 1. The Bertz CT molecular complexity index is 764. The lowest BCUT2D eigenvalue weighted by Gasteiger charge is -2.29. The molecule has 0 radical (unpaired) electrons. The maximum absolute atomic E-state index is 2.40. The summed E-state index contributed by atoms with van der Waals surface area (Å²) in [6.45, 7) is 8.99. The van der Waals surface area contributed by atoms with Crippen molar-refractivity contribution in [3.63, 3.8) is 0 Å². The Labute approximate surface area is 133 Å². The van der Waals surface area contributed by atoms with Crippen LogP contribution in [-0.4, -0.2) is 4.57 Å². The summed E-state index contributed by atoms with van der Waals surface area (Å²) in [6.07, 6.45) is 2.28. The normalized spacial score (nSPS) is 11.6. The van der Waals surface area contributed by atoms with E-state index in [1.54, 1.807) is 0 Å². The molecule has 0 aliphatic heterocycles. The molecule has 2 aromatic carbocycles. The highest BCUT2D eigenvalue weighted by molar-refractivity contribution is 5.70. The van der Waals surface area contributed by atoms with Crippen molar-refractivity contribution in [2.24, 2.45) is 0 Å².